The Labute approximate surface area is 638 Å². The molecule has 0 spiro atoms. The smallest absolute Gasteiger partial charge is 0.0618 e. The first-order valence-electron chi connectivity index (χ1n) is 39.0. The first-order valence-corrected chi connectivity index (χ1v) is 39.0. The Morgan fingerprint density at radius 2 is 0.505 bits per heavy atom. The molecule has 0 fully saturated rings. The summed E-state index contributed by atoms with van der Waals surface area (Å²) in [6.45, 7) is 42.3. The minimum Gasteiger partial charge on any atom is -0.309 e. The van der Waals surface area contributed by atoms with Crippen molar-refractivity contribution >= 4 is 34.1 Å². The van der Waals surface area contributed by atoms with Gasteiger partial charge in [-0.3, -0.25) is 0 Å². The quantitative estimate of drug-likeness (QED) is 0.142. The predicted molar refractivity (Wildman–Crippen MR) is 458 cm³/mol. The molecule has 0 saturated heterocycles. The van der Waals surface area contributed by atoms with Crippen molar-refractivity contribution in [3.63, 3.8) is 0 Å². The molecule has 0 atom stereocenters. The van der Waals surface area contributed by atoms with Gasteiger partial charge in [0.25, 0.3) is 0 Å². The fraction of sp³-hybridized carbons (Fsp3) is 0.257. The van der Waals surface area contributed by atoms with Crippen LogP contribution in [0, 0.1) is 0 Å². The second-order valence-corrected chi connectivity index (χ2v) is 37.0. The minimum atomic E-state index is -0.249. The Kier molecular flexibility index (Phi) is 17.3. The Morgan fingerprint density at radius 1 is 0.224 bits per heavy atom. The summed E-state index contributed by atoms with van der Waals surface area (Å²) in [5.41, 5.74) is 38.8. The van der Waals surface area contributed by atoms with Crippen LogP contribution < -0.4 is 9.80 Å². The third-order valence-corrected chi connectivity index (χ3v) is 23.4. The van der Waals surface area contributed by atoms with Gasteiger partial charge in [0.1, 0.15) is 0 Å². The molecule has 107 heavy (non-hydrogen) atoms. The van der Waals surface area contributed by atoms with Crippen LogP contribution >= 0.6 is 0 Å². The summed E-state index contributed by atoms with van der Waals surface area (Å²) in [4.78, 5) is 5.56. The van der Waals surface area contributed by atoms with Crippen molar-refractivity contribution in [2.45, 2.75) is 175 Å². The molecule has 16 rings (SSSR count). The minimum absolute atomic E-state index is 0.0528. The van der Waals surface area contributed by atoms with Crippen LogP contribution in [0.25, 0.3) is 66.8 Å². The summed E-state index contributed by atoms with van der Waals surface area (Å²) in [5, 5.41) is 0. The summed E-state index contributed by atoms with van der Waals surface area (Å²) in [7, 11) is 0. The highest BCUT2D eigenvalue weighted by Gasteiger charge is 2.45. The van der Waals surface area contributed by atoms with Gasteiger partial charge in [-0.2, -0.15) is 0 Å². The number of anilines is 6. The number of hydrogen-bond acceptors (Lipinski definition) is 2. The molecule has 0 saturated carbocycles. The summed E-state index contributed by atoms with van der Waals surface area (Å²) in [5.74, 6) is -0.363. The highest BCUT2D eigenvalue weighted by atomic mass is 15.2. The predicted octanol–water partition coefficient (Wildman–Crippen LogP) is 29.3. The zero-order valence-electron chi connectivity index (χ0n) is 66.3. The van der Waals surface area contributed by atoms with Crippen molar-refractivity contribution in [1.29, 1.82) is 0 Å². The highest BCUT2D eigenvalue weighted by Crippen LogP contribution is 2.66. The van der Waals surface area contributed by atoms with E-state index in [9.17, 15) is 0 Å². The van der Waals surface area contributed by atoms with Gasteiger partial charge in [-0.1, -0.05) is 343 Å². The molecule has 13 aromatic carbocycles. The number of rotatable bonds is 9. The Hall–Kier alpha value is -10.5. The molecule has 0 unspecified atom stereocenters. The van der Waals surface area contributed by atoms with Gasteiger partial charge in [0.05, 0.1) is 34.1 Å². The maximum Gasteiger partial charge on any atom is 0.0618 e. The lowest BCUT2D eigenvalue weighted by Crippen LogP contribution is -2.31. The zero-order valence-corrected chi connectivity index (χ0v) is 66.3. The van der Waals surface area contributed by atoms with E-state index in [0.717, 1.165) is 29.2 Å². The number of fused-ring (bicyclic) bond motifs is 6. The van der Waals surface area contributed by atoms with Crippen LogP contribution in [0.3, 0.4) is 0 Å². The van der Waals surface area contributed by atoms with E-state index < -0.39 is 0 Å². The van der Waals surface area contributed by atoms with E-state index in [1.54, 1.807) is 0 Å². The van der Waals surface area contributed by atoms with E-state index >= 15 is 0 Å². The van der Waals surface area contributed by atoms with Gasteiger partial charge in [-0.25, -0.2) is 0 Å². The molecule has 2 nitrogen and oxygen atoms in total. The molecule has 2 heterocycles. The molecule has 534 valence electrons. The van der Waals surface area contributed by atoms with Gasteiger partial charge in [-0.15, -0.1) is 0 Å². The Morgan fingerprint density at radius 3 is 0.804 bits per heavy atom. The van der Waals surface area contributed by atoms with Crippen LogP contribution in [0.2, 0.25) is 0 Å². The largest absolute Gasteiger partial charge is 0.309 e. The maximum absolute atomic E-state index is 2.78. The highest BCUT2D eigenvalue weighted by molar-refractivity contribution is 6.07. The second kappa shape index (κ2) is 26.2. The standard InChI is InChI=1S/C105H104N2/c1-100(2,3)77-47-37-68(38-48-77)85-62-81(104(13,14)15)63-86(69-39-49-78(50-40-69)101(4,5)6)98(85)106-91-55-45-72(66-29-21-19-22-30-66)58-89(91)96-90-59-73(67-31-23-20-24-32-67)46-56-92(90)107(94-61-76(60-93(106)97(94)96)95-83-35-27-25-33-74(83)57-75-34-26-28-36-84(75)95)99-87(70-41-51-79(52-42-70)102(7,8)9)64-82(105(16,17)18)65-88(99)71-43-53-80(54-44-71)103(10,11)12/h19-56,58-65,95-96H,57H2,1-18H3. The maximum atomic E-state index is 2.78. The van der Waals surface area contributed by atoms with Gasteiger partial charge in [0.2, 0.25) is 0 Å². The third-order valence-electron chi connectivity index (χ3n) is 23.4. The van der Waals surface area contributed by atoms with Gasteiger partial charge in [-0.05, 0) is 216 Å². The lowest BCUT2D eigenvalue weighted by Gasteiger charge is -2.47. The Balaban J connectivity index is 1.13. The molecular formula is C105H104N2. The van der Waals surface area contributed by atoms with E-state index in [4.69, 9.17) is 0 Å². The van der Waals surface area contributed by atoms with Crippen LogP contribution in [0.5, 0.6) is 0 Å². The number of benzene rings is 13. The van der Waals surface area contributed by atoms with Gasteiger partial charge < -0.3 is 9.80 Å². The molecule has 0 aromatic heterocycles. The van der Waals surface area contributed by atoms with Crippen molar-refractivity contribution in [1.82, 2.24) is 0 Å². The number of hydrogen-bond donors (Lipinski definition) is 0. The van der Waals surface area contributed by atoms with Crippen molar-refractivity contribution in [3.8, 4) is 66.8 Å². The second-order valence-electron chi connectivity index (χ2n) is 37.0. The summed E-state index contributed by atoms with van der Waals surface area (Å²) in [6.07, 6.45) is 0.874. The lowest BCUT2D eigenvalue weighted by atomic mass is 9.71. The average molecular weight is 1390 g/mol. The van der Waals surface area contributed by atoms with Crippen LogP contribution in [-0.2, 0) is 38.9 Å². The topological polar surface area (TPSA) is 6.48 Å². The van der Waals surface area contributed by atoms with Crippen molar-refractivity contribution in [3.05, 3.63) is 357 Å². The molecule has 0 bridgehead atoms. The van der Waals surface area contributed by atoms with E-state index in [0.29, 0.717) is 0 Å². The molecule has 0 N–H and O–H groups in total. The van der Waals surface area contributed by atoms with Crippen LogP contribution in [0.15, 0.2) is 279 Å². The van der Waals surface area contributed by atoms with Gasteiger partial charge in [0.15, 0.2) is 0 Å². The number of nitrogens with zero attached hydrogens (tertiary/aromatic N) is 2. The molecule has 3 aliphatic rings. The van der Waals surface area contributed by atoms with Crippen LogP contribution in [0.4, 0.5) is 34.1 Å². The van der Waals surface area contributed by atoms with E-state index in [-0.39, 0.29) is 44.3 Å². The molecule has 0 radical (unpaired) electrons. The van der Waals surface area contributed by atoms with Gasteiger partial charge in [0, 0.05) is 39.7 Å². The normalized spacial score (nSPS) is 13.9. The van der Waals surface area contributed by atoms with Crippen molar-refractivity contribution in [2.75, 3.05) is 9.80 Å². The molecule has 0 amide bonds. The first-order chi connectivity index (χ1) is 50.8. The molecule has 1 aliphatic carbocycles. The van der Waals surface area contributed by atoms with Crippen molar-refractivity contribution in [2.24, 2.45) is 0 Å². The molecule has 2 aliphatic heterocycles. The monoisotopic (exact) mass is 1390 g/mol. The third kappa shape index (κ3) is 13.0. The van der Waals surface area contributed by atoms with Gasteiger partial charge >= 0.3 is 0 Å². The van der Waals surface area contributed by atoms with Crippen LogP contribution in [0.1, 0.15) is 214 Å². The summed E-state index contributed by atoms with van der Waals surface area (Å²) >= 11 is 0. The molecule has 13 aromatic rings. The van der Waals surface area contributed by atoms with Crippen molar-refractivity contribution < 1.29 is 0 Å². The summed E-state index contributed by atoms with van der Waals surface area (Å²) < 4.78 is 0. The van der Waals surface area contributed by atoms with Crippen LogP contribution in [-0.4, -0.2) is 0 Å². The fourth-order valence-electron chi connectivity index (χ4n) is 17.1. The molecular weight excluding hydrogens is 1290 g/mol. The SMILES string of the molecule is CC(C)(C)c1ccc(-c2cc(C(C)(C)C)cc(-c3ccc(C(C)(C)C)cc3)c2N2c3ccc(-c4ccccc4)cc3C3c4cc(-c5ccccc5)ccc4N(c4c(-c5ccc(C(C)(C)C)cc5)cc(C(C)(C)C)cc4-c4ccc(C(C)(C)C)cc4)c4cc(C5c6ccccc6Cc6ccccc65)cc2c43)cc1. The zero-order chi connectivity index (χ0) is 75.0. The van der Waals surface area contributed by atoms with E-state index in [2.05, 4.69) is 413 Å². The van der Waals surface area contributed by atoms with E-state index in [1.165, 1.54) is 156 Å². The average Bonchev–Trinajstić information content (AvgIpc) is 0.684. The Bertz CT molecular complexity index is 5050. The first kappa shape index (κ1) is 70.8. The fourth-order valence-corrected chi connectivity index (χ4v) is 17.1. The summed E-state index contributed by atoms with van der Waals surface area (Å²) in [6, 6.07) is 110. The van der Waals surface area contributed by atoms with E-state index in [1.807, 2.05) is 0 Å². The molecule has 2 heteroatoms. The lowest BCUT2D eigenvalue weighted by molar-refractivity contribution is 0.589.